The molecule has 10 heteroatoms. The number of halogens is 1. The normalized spacial score (nSPS) is 16.0. The number of nitrogens with zero attached hydrogens (tertiary/aromatic N) is 1. The lowest BCUT2D eigenvalue weighted by molar-refractivity contribution is -0.123. The van der Waals surface area contributed by atoms with Crippen molar-refractivity contribution in [3.8, 4) is 5.75 Å². The van der Waals surface area contributed by atoms with E-state index in [-0.39, 0.29) is 11.3 Å². The van der Waals surface area contributed by atoms with E-state index in [1.54, 1.807) is 24.3 Å². The first-order valence-electron chi connectivity index (χ1n) is 9.17. The molecule has 2 aromatic rings. The van der Waals surface area contributed by atoms with Gasteiger partial charge in [0.25, 0.3) is 5.91 Å². The Morgan fingerprint density at radius 1 is 1.17 bits per heavy atom. The smallest absolute Gasteiger partial charge is 0.338 e. The average Bonchev–Trinajstić information content (AvgIpc) is 3.07. The molecule has 1 unspecified atom stereocenters. The van der Waals surface area contributed by atoms with E-state index in [4.69, 9.17) is 21.1 Å². The number of nitrogens with one attached hydrogen (secondary N) is 1. The second kappa shape index (κ2) is 8.93. The number of ether oxygens (including phenoxy) is 2. The molecule has 1 saturated heterocycles. The number of esters is 1. The molecule has 0 aromatic heterocycles. The van der Waals surface area contributed by atoms with Crippen LogP contribution in [0.2, 0.25) is 5.02 Å². The van der Waals surface area contributed by atoms with Gasteiger partial charge in [0.2, 0.25) is 10.0 Å². The van der Waals surface area contributed by atoms with E-state index in [1.807, 2.05) is 0 Å². The topological polar surface area (TPSA) is 102 Å². The SMILES string of the molecule is COc1ccc(Cl)cc1NC(=O)C(C)OC(=O)c1ccc(N2CCCS2(=O)=O)cc1. The predicted molar refractivity (Wildman–Crippen MR) is 114 cm³/mol. The third-order valence-corrected chi connectivity index (χ3v) is 6.67. The van der Waals surface area contributed by atoms with Crippen LogP contribution in [0.25, 0.3) is 0 Å². The Balaban J connectivity index is 1.64. The molecule has 1 amide bonds. The second-order valence-electron chi connectivity index (χ2n) is 6.67. The lowest BCUT2D eigenvalue weighted by Crippen LogP contribution is -2.30. The van der Waals surface area contributed by atoms with Gasteiger partial charge in [0.1, 0.15) is 5.75 Å². The van der Waals surface area contributed by atoms with Crippen molar-refractivity contribution in [3.05, 3.63) is 53.1 Å². The van der Waals surface area contributed by atoms with Crippen LogP contribution >= 0.6 is 11.6 Å². The molecule has 1 aliphatic heterocycles. The van der Waals surface area contributed by atoms with Gasteiger partial charge in [-0.05, 0) is 55.8 Å². The van der Waals surface area contributed by atoms with Crippen LogP contribution in [-0.2, 0) is 19.6 Å². The minimum Gasteiger partial charge on any atom is -0.495 e. The molecule has 3 rings (SSSR count). The number of sulfonamides is 1. The second-order valence-corrected chi connectivity index (χ2v) is 9.12. The molecule has 0 aliphatic carbocycles. The van der Waals surface area contributed by atoms with Crippen LogP contribution in [0.5, 0.6) is 5.75 Å². The molecule has 1 N–H and O–H groups in total. The third-order valence-electron chi connectivity index (χ3n) is 4.56. The fourth-order valence-corrected chi connectivity index (χ4v) is 4.72. The predicted octanol–water partition coefficient (Wildman–Crippen LogP) is 3.07. The molecule has 0 bridgehead atoms. The van der Waals surface area contributed by atoms with Gasteiger partial charge in [0, 0.05) is 11.6 Å². The van der Waals surface area contributed by atoms with Crippen molar-refractivity contribution in [2.45, 2.75) is 19.4 Å². The number of carbonyl (C=O) groups excluding carboxylic acids is 2. The van der Waals surface area contributed by atoms with Gasteiger partial charge in [-0.2, -0.15) is 0 Å². The van der Waals surface area contributed by atoms with Crippen molar-refractivity contribution >= 4 is 44.9 Å². The Morgan fingerprint density at radius 2 is 1.87 bits per heavy atom. The van der Waals surface area contributed by atoms with E-state index >= 15 is 0 Å². The van der Waals surface area contributed by atoms with Gasteiger partial charge in [-0.25, -0.2) is 13.2 Å². The zero-order valence-corrected chi connectivity index (χ0v) is 18.0. The minimum atomic E-state index is -3.30. The van der Waals surface area contributed by atoms with Gasteiger partial charge in [-0.3, -0.25) is 9.10 Å². The zero-order chi connectivity index (χ0) is 21.9. The molecule has 1 fully saturated rings. The van der Waals surface area contributed by atoms with Crippen molar-refractivity contribution in [1.29, 1.82) is 0 Å². The van der Waals surface area contributed by atoms with Gasteiger partial charge in [0.15, 0.2) is 6.10 Å². The summed E-state index contributed by atoms with van der Waals surface area (Å²) in [6.07, 6.45) is -0.518. The van der Waals surface area contributed by atoms with E-state index in [0.29, 0.717) is 35.1 Å². The fraction of sp³-hybridized carbons (Fsp3) is 0.300. The summed E-state index contributed by atoms with van der Waals surface area (Å²) in [5.74, 6) is -0.727. The van der Waals surface area contributed by atoms with Crippen LogP contribution in [0.1, 0.15) is 23.7 Å². The standard InChI is InChI=1S/C20H21ClN2O6S/c1-13(19(24)22-17-12-15(21)6-9-18(17)28-2)29-20(25)14-4-7-16(8-5-14)23-10-3-11-30(23,26)27/h4-9,12-13H,3,10-11H2,1-2H3,(H,22,24). The van der Waals surface area contributed by atoms with Crippen LogP contribution in [-0.4, -0.2) is 45.8 Å². The van der Waals surface area contributed by atoms with E-state index < -0.39 is 28.0 Å². The maximum Gasteiger partial charge on any atom is 0.338 e. The number of methoxy groups -OCH3 is 1. The first kappa shape index (κ1) is 21.9. The number of hydrogen-bond donors (Lipinski definition) is 1. The summed E-state index contributed by atoms with van der Waals surface area (Å²) in [5, 5.41) is 3.03. The summed E-state index contributed by atoms with van der Waals surface area (Å²) >= 11 is 5.95. The fourth-order valence-electron chi connectivity index (χ4n) is 2.99. The molecular weight excluding hydrogens is 432 g/mol. The molecule has 8 nitrogen and oxygen atoms in total. The van der Waals surface area contributed by atoms with Gasteiger partial charge in [-0.1, -0.05) is 11.6 Å². The summed E-state index contributed by atoms with van der Waals surface area (Å²) in [6.45, 7) is 1.85. The maximum atomic E-state index is 12.4. The van der Waals surface area contributed by atoms with Crippen LogP contribution in [0.4, 0.5) is 11.4 Å². The molecule has 1 aliphatic rings. The van der Waals surface area contributed by atoms with Crippen LogP contribution in [0.3, 0.4) is 0 Å². The highest BCUT2D eigenvalue weighted by atomic mass is 35.5. The van der Waals surface area contributed by atoms with E-state index in [0.717, 1.165) is 0 Å². The Labute approximate surface area is 179 Å². The summed E-state index contributed by atoms with van der Waals surface area (Å²) in [7, 11) is -1.84. The molecule has 1 atom stereocenters. The van der Waals surface area contributed by atoms with E-state index in [1.165, 1.54) is 36.5 Å². The first-order chi connectivity index (χ1) is 14.2. The molecule has 0 saturated carbocycles. The van der Waals surface area contributed by atoms with Gasteiger partial charge in [-0.15, -0.1) is 0 Å². The van der Waals surface area contributed by atoms with Gasteiger partial charge >= 0.3 is 5.97 Å². The molecule has 1 heterocycles. The minimum absolute atomic E-state index is 0.112. The van der Waals surface area contributed by atoms with Gasteiger partial charge in [0.05, 0.1) is 29.8 Å². The number of rotatable bonds is 6. The molecule has 0 radical (unpaired) electrons. The summed E-state index contributed by atoms with van der Waals surface area (Å²) < 4.78 is 35.7. The monoisotopic (exact) mass is 452 g/mol. The Bertz CT molecular complexity index is 1060. The summed E-state index contributed by atoms with van der Waals surface area (Å²) in [4.78, 5) is 24.8. The Kier molecular flexibility index (Phi) is 6.52. The van der Waals surface area contributed by atoms with E-state index in [9.17, 15) is 18.0 Å². The number of anilines is 2. The van der Waals surface area contributed by atoms with Crippen LogP contribution in [0.15, 0.2) is 42.5 Å². The van der Waals surface area contributed by atoms with Gasteiger partial charge < -0.3 is 14.8 Å². The molecule has 160 valence electrons. The lowest BCUT2D eigenvalue weighted by Gasteiger charge is -2.17. The highest BCUT2D eigenvalue weighted by Crippen LogP contribution is 2.28. The number of hydrogen-bond acceptors (Lipinski definition) is 6. The molecule has 2 aromatic carbocycles. The lowest BCUT2D eigenvalue weighted by atomic mass is 10.2. The zero-order valence-electron chi connectivity index (χ0n) is 16.4. The van der Waals surface area contributed by atoms with E-state index in [2.05, 4.69) is 5.32 Å². The van der Waals surface area contributed by atoms with Crippen molar-refractivity contribution < 1.29 is 27.5 Å². The van der Waals surface area contributed by atoms with Crippen molar-refractivity contribution in [3.63, 3.8) is 0 Å². The number of amides is 1. The summed E-state index contributed by atoms with van der Waals surface area (Å²) in [6, 6.07) is 10.8. The Hall–Kier alpha value is -2.78. The van der Waals surface area contributed by atoms with Crippen molar-refractivity contribution in [2.24, 2.45) is 0 Å². The number of benzene rings is 2. The highest BCUT2D eigenvalue weighted by molar-refractivity contribution is 7.93. The van der Waals surface area contributed by atoms with Crippen molar-refractivity contribution in [1.82, 2.24) is 0 Å². The number of carbonyl (C=O) groups is 2. The quantitative estimate of drug-likeness (QED) is 0.676. The maximum absolute atomic E-state index is 12.4. The van der Waals surface area contributed by atoms with Crippen molar-refractivity contribution in [2.75, 3.05) is 29.0 Å². The summed E-state index contributed by atoms with van der Waals surface area (Å²) in [5.41, 5.74) is 1.05. The van der Waals surface area contributed by atoms with Crippen LogP contribution < -0.4 is 14.4 Å². The highest BCUT2D eigenvalue weighted by Gasteiger charge is 2.28. The average molecular weight is 453 g/mol. The Morgan fingerprint density at radius 3 is 2.47 bits per heavy atom. The first-order valence-corrected chi connectivity index (χ1v) is 11.2. The van der Waals surface area contributed by atoms with Crippen LogP contribution in [0, 0.1) is 0 Å². The molecule has 30 heavy (non-hydrogen) atoms. The largest absolute Gasteiger partial charge is 0.495 e. The molecule has 0 spiro atoms. The third kappa shape index (κ3) is 4.85. The molecular formula is C20H21ClN2O6S.